The molecule has 3 heterocycles. The fourth-order valence-electron chi connectivity index (χ4n) is 2.97. The smallest absolute Gasteiger partial charge is 0.251 e. The van der Waals surface area contributed by atoms with Crippen molar-refractivity contribution in [3.63, 3.8) is 0 Å². The molecule has 0 spiro atoms. The van der Waals surface area contributed by atoms with E-state index in [1.165, 1.54) is 5.39 Å². The zero-order chi connectivity index (χ0) is 15.9. The van der Waals surface area contributed by atoms with Gasteiger partial charge in [0.2, 0.25) is 5.95 Å². The molecule has 1 saturated heterocycles. The molecule has 23 heavy (non-hydrogen) atoms. The zero-order valence-electron chi connectivity index (χ0n) is 12.5. The summed E-state index contributed by atoms with van der Waals surface area (Å²) in [6.45, 7) is 1.15. The van der Waals surface area contributed by atoms with Crippen LogP contribution >= 0.6 is 0 Å². The van der Waals surface area contributed by atoms with Gasteiger partial charge in [0.25, 0.3) is 5.92 Å². The van der Waals surface area contributed by atoms with Gasteiger partial charge in [-0.3, -0.25) is 5.10 Å². The van der Waals surface area contributed by atoms with Gasteiger partial charge in [-0.25, -0.2) is 8.78 Å². The molecule has 0 unspecified atom stereocenters. The van der Waals surface area contributed by atoms with Gasteiger partial charge in [-0.15, -0.1) is 5.10 Å². The third kappa shape index (κ3) is 2.78. The molecule has 1 N–H and O–H groups in total. The summed E-state index contributed by atoms with van der Waals surface area (Å²) in [4.78, 5) is 6.27. The molecule has 120 valence electrons. The monoisotopic (exact) mass is 317 g/mol. The Hall–Kier alpha value is -2.44. The highest BCUT2D eigenvalue weighted by molar-refractivity contribution is 5.79. The minimum atomic E-state index is -2.56. The number of rotatable bonds is 3. The van der Waals surface area contributed by atoms with Gasteiger partial charge in [0, 0.05) is 37.6 Å². The molecule has 0 saturated carbocycles. The average molecular weight is 317 g/mol. The van der Waals surface area contributed by atoms with Crippen molar-refractivity contribution in [3.8, 4) is 0 Å². The van der Waals surface area contributed by atoms with Crippen LogP contribution in [-0.2, 0) is 6.54 Å². The highest BCUT2D eigenvalue weighted by atomic mass is 19.3. The number of fused-ring (bicyclic) bond motifs is 1. The Morgan fingerprint density at radius 1 is 1.13 bits per heavy atom. The number of nitrogens with zero attached hydrogens (tertiary/aromatic N) is 4. The van der Waals surface area contributed by atoms with Crippen molar-refractivity contribution in [2.24, 2.45) is 0 Å². The number of piperidine rings is 1. The molecule has 3 aromatic rings. The summed E-state index contributed by atoms with van der Waals surface area (Å²) in [7, 11) is 0. The highest BCUT2D eigenvalue weighted by Gasteiger charge is 2.35. The van der Waals surface area contributed by atoms with Gasteiger partial charge < -0.3 is 9.47 Å². The van der Waals surface area contributed by atoms with E-state index in [1.807, 2.05) is 23.2 Å². The van der Waals surface area contributed by atoms with E-state index in [0.29, 0.717) is 12.5 Å². The number of aromatic amines is 1. The van der Waals surface area contributed by atoms with Crippen molar-refractivity contribution in [3.05, 3.63) is 42.4 Å². The van der Waals surface area contributed by atoms with Crippen molar-refractivity contribution >= 4 is 16.9 Å². The lowest BCUT2D eigenvalue weighted by atomic mass is 10.1. The topological polar surface area (TPSA) is 49.7 Å². The first-order chi connectivity index (χ1) is 11.1. The van der Waals surface area contributed by atoms with E-state index >= 15 is 0 Å². The molecule has 0 atom stereocenters. The van der Waals surface area contributed by atoms with Crippen LogP contribution in [0, 0.1) is 0 Å². The molecule has 2 aromatic heterocycles. The maximum absolute atomic E-state index is 13.2. The van der Waals surface area contributed by atoms with Crippen molar-refractivity contribution in [2.45, 2.75) is 25.3 Å². The molecule has 1 fully saturated rings. The maximum atomic E-state index is 13.2. The van der Waals surface area contributed by atoms with Gasteiger partial charge >= 0.3 is 0 Å². The van der Waals surface area contributed by atoms with E-state index < -0.39 is 5.92 Å². The van der Waals surface area contributed by atoms with Gasteiger partial charge in [0.15, 0.2) is 0 Å². The van der Waals surface area contributed by atoms with Gasteiger partial charge in [0.05, 0.1) is 6.54 Å². The fraction of sp³-hybridized carbons (Fsp3) is 0.375. The number of aromatic nitrogens is 4. The van der Waals surface area contributed by atoms with Crippen molar-refractivity contribution < 1.29 is 8.78 Å². The second-order valence-electron chi connectivity index (χ2n) is 5.93. The van der Waals surface area contributed by atoms with Crippen LogP contribution in [0.3, 0.4) is 0 Å². The lowest BCUT2D eigenvalue weighted by Crippen LogP contribution is -2.39. The third-order valence-corrected chi connectivity index (χ3v) is 4.30. The summed E-state index contributed by atoms with van der Waals surface area (Å²) in [6.07, 6.45) is 1.73. The number of benzene rings is 1. The van der Waals surface area contributed by atoms with E-state index in [4.69, 9.17) is 0 Å². The Kier molecular flexibility index (Phi) is 3.28. The minimum absolute atomic E-state index is 0.140. The Bertz CT molecular complexity index is 813. The molecule has 0 aliphatic carbocycles. The number of hydrogen-bond donors (Lipinski definition) is 1. The minimum Gasteiger partial charge on any atom is -0.340 e. The van der Waals surface area contributed by atoms with Gasteiger partial charge in [-0.05, 0) is 17.5 Å². The quantitative estimate of drug-likeness (QED) is 0.808. The highest BCUT2D eigenvalue weighted by Crippen LogP contribution is 2.29. The summed E-state index contributed by atoms with van der Waals surface area (Å²) in [5, 5.41) is 8.27. The van der Waals surface area contributed by atoms with Gasteiger partial charge in [-0.1, -0.05) is 18.2 Å². The zero-order valence-corrected chi connectivity index (χ0v) is 12.5. The number of nitrogens with one attached hydrogen (secondary N) is 1. The molecule has 1 aliphatic rings. The number of hydrogen-bond acceptors (Lipinski definition) is 3. The van der Waals surface area contributed by atoms with E-state index in [0.717, 1.165) is 11.3 Å². The lowest BCUT2D eigenvalue weighted by Gasteiger charge is -2.30. The van der Waals surface area contributed by atoms with Crippen LogP contribution in [0.1, 0.15) is 18.7 Å². The number of alkyl halides is 2. The Morgan fingerprint density at radius 2 is 1.91 bits per heavy atom. The predicted molar refractivity (Wildman–Crippen MR) is 83.8 cm³/mol. The fourth-order valence-corrected chi connectivity index (χ4v) is 2.97. The normalized spacial score (nSPS) is 17.7. The van der Waals surface area contributed by atoms with Crippen LogP contribution in [0.15, 0.2) is 36.5 Å². The number of para-hydroxylation sites is 1. The Morgan fingerprint density at radius 3 is 2.74 bits per heavy atom. The summed E-state index contributed by atoms with van der Waals surface area (Å²) < 4.78 is 28.5. The SMILES string of the molecule is FC1(F)CCN(c2n[nH]c(Cn3ccc4ccccc43)n2)CC1. The first kappa shape index (κ1) is 14.2. The largest absolute Gasteiger partial charge is 0.340 e. The molecule has 7 heteroatoms. The Labute approximate surface area is 131 Å². The molecule has 1 aromatic carbocycles. The second kappa shape index (κ2) is 5.33. The predicted octanol–water partition coefficient (Wildman–Crippen LogP) is 3.04. The number of anilines is 1. The maximum Gasteiger partial charge on any atom is 0.251 e. The van der Waals surface area contributed by atoms with Crippen molar-refractivity contribution in [2.75, 3.05) is 18.0 Å². The van der Waals surface area contributed by atoms with Crippen LogP contribution < -0.4 is 4.90 Å². The van der Waals surface area contributed by atoms with Crippen LogP contribution in [0.25, 0.3) is 10.9 Å². The third-order valence-electron chi connectivity index (χ3n) is 4.30. The van der Waals surface area contributed by atoms with E-state index in [2.05, 4.69) is 37.9 Å². The summed E-state index contributed by atoms with van der Waals surface area (Å²) in [5.74, 6) is -1.33. The van der Waals surface area contributed by atoms with Crippen LogP contribution in [0.4, 0.5) is 14.7 Å². The van der Waals surface area contributed by atoms with E-state index in [9.17, 15) is 8.78 Å². The van der Waals surface area contributed by atoms with Crippen LogP contribution in [0.5, 0.6) is 0 Å². The lowest BCUT2D eigenvalue weighted by molar-refractivity contribution is -0.0222. The van der Waals surface area contributed by atoms with Crippen LogP contribution in [-0.4, -0.2) is 38.8 Å². The first-order valence-electron chi connectivity index (χ1n) is 7.69. The van der Waals surface area contributed by atoms with Crippen LogP contribution in [0.2, 0.25) is 0 Å². The summed E-state index contributed by atoms with van der Waals surface area (Å²) >= 11 is 0. The molecular formula is C16H17F2N5. The number of halogens is 2. The average Bonchev–Trinajstić information content (AvgIpc) is 3.16. The molecule has 0 radical (unpaired) electrons. The second-order valence-corrected chi connectivity index (χ2v) is 5.93. The summed E-state index contributed by atoms with van der Waals surface area (Å²) in [6, 6.07) is 10.2. The van der Waals surface area contributed by atoms with E-state index in [1.54, 1.807) is 0 Å². The molecule has 5 nitrogen and oxygen atoms in total. The summed E-state index contributed by atoms with van der Waals surface area (Å²) in [5.41, 5.74) is 1.13. The molecule has 0 bridgehead atoms. The number of H-pyrrole nitrogens is 1. The molecule has 4 rings (SSSR count). The van der Waals surface area contributed by atoms with Crippen molar-refractivity contribution in [1.82, 2.24) is 19.7 Å². The molecular weight excluding hydrogens is 300 g/mol. The standard InChI is InChI=1S/C16H17F2N5/c17-16(18)6-9-22(10-7-16)15-19-14(20-21-15)11-23-8-5-12-3-1-2-4-13(12)23/h1-5,8H,6-7,9-11H2,(H,19,20,21). The van der Waals surface area contributed by atoms with Gasteiger partial charge in [-0.2, -0.15) is 4.98 Å². The van der Waals surface area contributed by atoms with Gasteiger partial charge in [0.1, 0.15) is 5.82 Å². The Balaban J connectivity index is 1.50. The molecule has 0 amide bonds. The molecule has 1 aliphatic heterocycles. The van der Waals surface area contributed by atoms with Crippen molar-refractivity contribution in [1.29, 1.82) is 0 Å². The first-order valence-corrected chi connectivity index (χ1v) is 7.69. The van der Waals surface area contributed by atoms with E-state index in [-0.39, 0.29) is 25.9 Å².